The molecule has 2 unspecified atom stereocenters. The van der Waals surface area contributed by atoms with Crippen molar-refractivity contribution < 1.29 is 8.42 Å². The van der Waals surface area contributed by atoms with Gasteiger partial charge >= 0.3 is 17.1 Å². The lowest BCUT2D eigenvalue weighted by atomic mass is 10.4. The van der Waals surface area contributed by atoms with Crippen molar-refractivity contribution in [2.75, 3.05) is 5.75 Å². The van der Waals surface area contributed by atoms with Crippen LogP contribution in [0.15, 0.2) is 14.4 Å². The van der Waals surface area contributed by atoms with E-state index in [1.54, 1.807) is 15.0 Å². The van der Waals surface area contributed by atoms with Gasteiger partial charge in [0.15, 0.2) is 9.84 Å². The molecule has 102 valence electrons. The second-order valence-corrected chi connectivity index (χ2v) is 8.40. The van der Waals surface area contributed by atoms with Crippen molar-refractivity contribution >= 4 is 41.7 Å². The largest absolute Gasteiger partial charge is 0.330 e. The van der Waals surface area contributed by atoms with E-state index >= 15 is 0 Å². The van der Waals surface area contributed by atoms with Crippen LogP contribution in [-0.4, -0.2) is 38.1 Å². The van der Waals surface area contributed by atoms with Gasteiger partial charge < -0.3 is 0 Å². The van der Waals surface area contributed by atoms with E-state index in [-0.39, 0.29) is 8.99 Å². The Kier molecular flexibility index (Phi) is 5.10. The first-order valence-corrected chi connectivity index (χ1v) is 8.19. The molecule has 1 fully saturated rings. The van der Waals surface area contributed by atoms with Gasteiger partial charge in [0.1, 0.15) is 4.16 Å². The van der Waals surface area contributed by atoms with Gasteiger partial charge in [0.2, 0.25) is 0 Å². The van der Waals surface area contributed by atoms with Crippen LogP contribution in [0.2, 0.25) is 0 Å². The Labute approximate surface area is 117 Å². The third kappa shape index (κ3) is 4.21. The van der Waals surface area contributed by atoms with E-state index in [0.29, 0.717) is 5.75 Å². The van der Waals surface area contributed by atoms with Gasteiger partial charge in [-0.3, -0.25) is 15.0 Å². The fourth-order valence-corrected chi connectivity index (χ4v) is 4.89. The molecule has 0 radical (unpaired) electrons. The molecular formula is C7H9Br2N3O5S. The van der Waals surface area contributed by atoms with E-state index < -0.39 is 26.9 Å². The summed E-state index contributed by atoms with van der Waals surface area (Å²) in [6, 6.07) is 0. The van der Waals surface area contributed by atoms with Crippen LogP contribution in [0.5, 0.6) is 0 Å². The van der Waals surface area contributed by atoms with Gasteiger partial charge in [-0.1, -0.05) is 31.9 Å². The molecule has 2 atom stereocenters. The number of nitrogens with one attached hydrogen (secondary N) is 3. The predicted octanol–water partition coefficient (Wildman–Crippen LogP) is -0.959. The van der Waals surface area contributed by atoms with E-state index in [0.717, 1.165) is 6.42 Å². The Balaban J connectivity index is 0.000000180. The Morgan fingerprint density at radius 2 is 1.33 bits per heavy atom. The molecule has 18 heavy (non-hydrogen) atoms. The third-order valence-electron chi connectivity index (χ3n) is 1.99. The molecule has 1 saturated heterocycles. The van der Waals surface area contributed by atoms with Crippen LogP contribution in [0.4, 0.5) is 0 Å². The zero-order valence-corrected chi connectivity index (χ0v) is 12.8. The topological polar surface area (TPSA) is 133 Å². The minimum Gasteiger partial charge on any atom is -0.259 e. The number of sulfone groups is 1. The second-order valence-electron chi connectivity index (χ2n) is 3.39. The van der Waals surface area contributed by atoms with Crippen LogP contribution in [0, 0.1) is 0 Å². The lowest BCUT2D eigenvalue weighted by Gasteiger charge is -2.01. The first kappa shape index (κ1) is 15.4. The summed E-state index contributed by atoms with van der Waals surface area (Å²) in [5.41, 5.74) is -2.41. The van der Waals surface area contributed by atoms with Crippen molar-refractivity contribution in [3.05, 3.63) is 31.5 Å². The Hall–Kier alpha value is -0.680. The van der Waals surface area contributed by atoms with Gasteiger partial charge in [-0.25, -0.2) is 22.8 Å². The molecule has 11 heteroatoms. The maximum absolute atomic E-state index is 10.9. The predicted molar refractivity (Wildman–Crippen MR) is 72.1 cm³/mol. The van der Waals surface area contributed by atoms with Crippen molar-refractivity contribution in [2.45, 2.75) is 15.4 Å². The second kappa shape index (κ2) is 5.97. The Morgan fingerprint density at radius 1 is 0.944 bits per heavy atom. The smallest absolute Gasteiger partial charge is 0.259 e. The van der Waals surface area contributed by atoms with Crippen molar-refractivity contribution in [1.82, 2.24) is 15.0 Å². The zero-order chi connectivity index (χ0) is 13.9. The monoisotopic (exact) mass is 405 g/mol. The number of hydrogen-bond donors (Lipinski definition) is 3. The molecule has 1 aromatic rings. The molecule has 0 spiro atoms. The fraction of sp³-hybridized carbons (Fsp3) is 0.571. The number of aromatic amines is 3. The molecule has 3 N–H and O–H groups in total. The molecule has 2 heterocycles. The van der Waals surface area contributed by atoms with Crippen LogP contribution < -0.4 is 17.1 Å². The zero-order valence-electron chi connectivity index (χ0n) is 8.77. The highest BCUT2D eigenvalue weighted by atomic mass is 79.9. The highest BCUT2D eigenvalue weighted by Crippen LogP contribution is 2.30. The summed E-state index contributed by atoms with van der Waals surface area (Å²) in [5.74, 6) is 0.304. The van der Waals surface area contributed by atoms with Crippen molar-refractivity contribution in [2.24, 2.45) is 0 Å². The molecule has 1 aliphatic rings. The normalized spacial score (nSPS) is 25.2. The molecule has 0 saturated carbocycles. The lowest BCUT2D eigenvalue weighted by molar-refractivity contribution is 0.601. The van der Waals surface area contributed by atoms with E-state index in [1.807, 2.05) is 0 Å². The standard InChI is InChI=1S/C4H6Br2O2S.C3H3N3O3/c5-3-1-2-9(7,8)4(3)6;7-1-4-2(8)6-3(9)5-1/h3-4H,1-2H2;(H3,4,5,6,7,8,9). The Morgan fingerprint density at radius 3 is 1.50 bits per heavy atom. The number of H-pyrrole nitrogens is 3. The minimum absolute atomic E-state index is 0.0995. The molecule has 0 bridgehead atoms. The minimum atomic E-state index is -2.80. The lowest BCUT2D eigenvalue weighted by Crippen LogP contribution is -2.34. The van der Waals surface area contributed by atoms with Crippen LogP contribution in [0.1, 0.15) is 6.42 Å². The first-order chi connectivity index (χ1) is 8.22. The summed E-state index contributed by atoms with van der Waals surface area (Å²) in [7, 11) is -2.80. The number of alkyl halides is 2. The molecule has 1 aliphatic heterocycles. The molecule has 8 nitrogen and oxygen atoms in total. The highest BCUT2D eigenvalue weighted by Gasteiger charge is 2.36. The maximum Gasteiger partial charge on any atom is 0.330 e. The molecule has 0 aromatic carbocycles. The average Bonchev–Trinajstić information content (AvgIpc) is 2.44. The summed E-state index contributed by atoms with van der Waals surface area (Å²) in [6.45, 7) is 0. The van der Waals surface area contributed by atoms with E-state index in [1.165, 1.54) is 0 Å². The number of halogens is 2. The van der Waals surface area contributed by atoms with E-state index in [2.05, 4.69) is 31.9 Å². The quantitative estimate of drug-likeness (QED) is 0.477. The number of hydrogen-bond acceptors (Lipinski definition) is 5. The highest BCUT2D eigenvalue weighted by molar-refractivity contribution is 9.13. The van der Waals surface area contributed by atoms with E-state index in [4.69, 9.17) is 0 Å². The maximum atomic E-state index is 10.9. The summed E-state index contributed by atoms with van der Waals surface area (Å²) >= 11 is 6.34. The van der Waals surface area contributed by atoms with E-state index in [9.17, 15) is 22.8 Å². The van der Waals surface area contributed by atoms with Gasteiger partial charge in [-0.05, 0) is 6.42 Å². The first-order valence-electron chi connectivity index (χ1n) is 4.65. The van der Waals surface area contributed by atoms with Crippen molar-refractivity contribution in [1.29, 1.82) is 0 Å². The fourth-order valence-electron chi connectivity index (χ4n) is 1.15. The van der Waals surface area contributed by atoms with Gasteiger partial charge in [-0.2, -0.15) is 0 Å². The van der Waals surface area contributed by atoms with Gasteiger partial charge in [0, 0.05) is 4.83 Å². The molecular weight excluding hydrogens is 398 g/mol. The third-order valence-corrected chi connectivity index (χ3v) is 8.20. The Bertz CT molecular complexity index is 597. The molecule has 2 rings (SSSR count). The molecule has 0 amide bonds. The van der Waals surface area contributed by atoms with Gasteiger partial charge in [-0.15, -0.1) is 0 Å². The molecule has 0 aliphatic carbocycles. The number of aromatic nitrogens is 3. The summed E-state index contributed by atoms with van der Waals surface area (Å²) in [5, 5.41) is 0. The van der Waals surface area contributed by atoms with Crippen molar-refractivity contribution in [3.8, 4) is 0 Å². The number of rotatable bonds is 0. The summed E-state index contributed by atoms with van der Waals surface area (Å²) in [6.07, 6.45) is 0.720. The van der Waals surface area contributed by atoms with Crippen LogP contribution in [0.3, 0.4) is 0 Å². The summed E-state index contributed by atoms with van der Waals surface area (Å²) < 4.78 is 21.4. The SMILES string of the molecule is O=S1(=O)CCC(Br)C1Br.O=c1[nH]c(=O)[nH]c(=O)[nH]1. The summed E-state index contributed by atoms with van der Waals surface area (Å²) in [4.78, 5) is 36.0. The van der Waals surface area contributed by atoms with Crippen molar-refractivity contribution in [3.63, 3.8) is 0 Å². The van der Waals surface area contributed by atoms with Crippen LogP contribution >= 0.6 is 31.9 Å². The van der Waals surface area contributed by atoms with Crippen LogP contribution in [0.25, 0.3) is 0 Å². The van der Waals surface area contributed by atoms with Crippen LogP contribution in [-0.2, 0) is 9.84 Å². The van der Waals surface area contributed by atoms with Gasteiger partial charge in [0.05, 0.1) is 5.75 Å². The molecule has 1 aromatic heterocycles. The average molecular weight is 407 g/mol. The van der Waals surface area contributed by atoms with Gasteiger partial charge in [0.25, 0.3) is 0 Å².